The summed E-state index contributed by atoms with van der Waals surface area (Å²) < 4.78 is 50.2. The number of methoxy groups -OCH3 is 1. The van der Waals surface area contributed by atoms with Crippen molar-refractivity contribution in [3.8, 4) is 11.1 Å². The Bertz CT molecular complexity index is 1090. The average Bonchev–Trinajstić information content (AvgIpc) is 3.15. The van der Waals surface area contributed by atoms with E-state index in [9.17, 15) is 18.0 Å². The van der Waals surface area contributed by atoms with Crippen LogP contribution >= 0.6 is 11.9 Å². The van der Waals surface area contributed by atoms with Gasteiger partial charge in [0.1, 0.15) is 0 Å². The van der Waals surface area contributed by atoms with Gasteiger partial charge in [-0.1, -0.05) is 12.5 Å². The minimum absolute atomic E-state index is 0.000242. The van der Waals surface area contributed by atoms with Crippen molar-refractivity contribution in [1.29, 1.82) is 0 Å². The summed E-state index contributed by atoms with van der Waals surface area (Å²) in [5.74, 6) is -0.433. The Hall–Kier alpha value is -2.52. The van der Waals surface area contributed by atoms with Gasteiger partial charge in [0.25, 0.3) is 0 Å². The molecule has 9 heteroatoms. The maximum absolute atomic E-state index is 13.9. The number of hydrogen-bond donors (Lipinski definition) is 0. The largest absolute Gasteiger partial charge is 0.469 e. The Morgan fingerprint density at radius 2 is 1.97 bits per heavy atom. The summed E-state index contributed by atoms with van der Waals surface area (Å²) in [5.41, 5.74) is 1.09. The maximum Gasteiger partial charge on any atom is 0.417 e. The molecule has 0 bridgehead atoms. The number of esters is 1. The third kappa shape index (κ3) is 4.72. The van der Waals surface area contributed by atoms with E-state index in [2.05, 4.69) is 9.40 Å². The molecule has 31 heavy (non-hydrogen) atoms. The minimum Gasteiger partial charge on any atom is -0.469 e. The number of halogens is 3. The molecule has 1 aromatic carbocycles. The van der Waals surface area contributed by atoms with E-state index in [0.29, 0.717) is 21.5 Å². The molecule has 3 aromatic rings. The van der Waals surface area contributed by atoms with Gasteiger partial charge in [0.15, 0.2) is 0 Å². The molecule has 0 spiro atoms. The lowest BCUT2D eigenvalue weighted by molar-refractivity contribution is -0.140. The molecular weight excluding hydrogens is 427 g/mol. The van der Waals surface area contributed by atoms with E-state index in [-0.39, 0.29) is 12.0 Å². The lowest BCUT2D eigenvalue weighted by atomic mass is 9.99. The summed E-state index contributed by atoms with van der Waals surface area (Å²) in [7, 11) is 1.29. The predicted octanol–water partition coefficient (Wildman–Crippen LogP) is 5.23. The average molecular weight is 449 g/mol. The van der Waals surface area contributed by atoms with Crippen LogP contribution in [0.3, 0.4) is 0 Å². The molecule has 4 rings (SSSR count). The molecule has 0 N–H and O–H groups in total. The van der Waals surface area contributed by atoms with Crippen LogP contribution in [0.4, 0.5) is 13.2 Å². The van der Waals surface area contributed by atoms with Gasteiger partial charge < -0.3 is 4.74 Å². The fraction of sp³-hybridized carbons (Fsp3) is 0.364. The van der Waals surface area contributed by atoms with Crippen molar-refractivity contribution in [3.05, 3.63) is 53.9 Å². The fourth-order valence-electron chi connectivity index (χ4n) is 3.79. The van der Waals surface area contributed by atoms with Crippen molar-refractivity contribution in [1.82, 2.24) is 13.9 Å². The van der Waals surface area contributed by atoms with Gasteiger partial charge in [0.2, 0.25) is 0 Å². The van der Waals surface area contributed by atoms with Crippen LogP contribution < -0.4 is 0 Å². The van der Waals surface area contributed by atoms with Gasteiger partial charge in [-0.25, -0.2) is 8.82 Å². The number of fused-ring (bicyclic) bond motifs is 1. The number of carbonyl (C=O) groups excluding carboxylic acids is 1. The van der Waals surface area contributed by atoms with E-state index in [1.807, 2.05) is 0 Å². The number of nitrogens with zero attached hydrogens (tertiary/aromatic N) is 3. The van der Waals surface area contributed by atoms with Gasteiger partial charge >= 0.3 is 12.1 Å². The first-order valence-electron chi connectivity index (χ1n) is 10.0. The normalized spacial score (nSPS) is 15.4. The molecule has 0 unspecified atom stereocenters. The molecule has 1 aliphatic rings. The van der Waals surface area contributed by atoms with Crippen LogP contribution in [0.5, 0.6) is 0 Å². The van der Waals surface area contributed by atoms with Gasteiger partial charge in [-0.3, -0.25) is 4.79 Å². The van der Waals surface area contributed by atoms with Crippen LogP contribution in [-0.2, 0) is 22.1 Å². The van der Waals surface area contributed by atoms with Gasteiger partial charge in [0.05, 0.1) is 30.8 Å². The zero-order valence-electron chi connectivity index (χ0n) is 17.0. The Morgan fingerprint density at radius 3 is 2.68 bits per heavy atom. The number of aromatic nitrogens is 2. The summed E-state index contributed by atoms with van der Waals surface area (Å²) in [6, 6.07) is 7.60. The highest BCUT2D eigenvalue weighted by Gasteiger charge is 2.35. The van der Waals surface area contributed by atoms with E-state index in [1.54, 1.807) is 28.9 Å². The molecule has 164 valence electrons. The molecule has 0 aliphatic carbocycles. The van der Waals surface area contributed by atoms with Gasteiger partial charge in [0, 0.05) is 35.3 Å². The number of rotatable bonds is 5. The summed E-state index contributed by atoms with van der Waals surface area (Å²) in [6.45, 7) is 1.70. The second-order valence-electron chi connectivity index (χ2n) is 7.43. The first kappa shape index (κ1) is 21.7. The lowest BCUT2D eigenvalue weighted by Crippen LogP contribution is -2.23. The van der Waals surface area contributed by atoms with Crippen LogP contribution in [0.15, 0.2) is 47.6 Å². The highest BCUT2D eigenvalue weighted by molar-refractivity contribution is 7.97. The van der Waals surface area contributed by atoms with Crippen molar-refractivity contribution >= 4 is 23.4 Å². The van der Waals surface area contributed by atoms with Crippen molar-refractivity contribution < 1.29 is 22.7 Å². The van der Waals surface area contributed by atoms with E-state index in [0.717, 1.165) is 38.4 Å². The third-order valence-corrected chi connectivity index (χ3v) is 6.49. The Kier molecular flexibility index (Phi) is 6.24. The van der Waals surface area contributed by atoms with Crippen LogP contribution in [0.2, 0.25) is 0 Å². The third-order valence-electron chi connectivity index (χ3n) is 5.33. The van der Waals surface area contributed by atoms with Gasteiger partial charge in [-0.05, 0) is 54.6 Å². The zero-order valence-corrected chi connectivity index (χ0v) is 17.8. The molecule has 0 saturated carbocycles. The van der Waals surface area contributed by atoms with Crippen molar-refractivity contribution in [3.63, 3.8) is 0 Å². The zero-order chi connectivity index (χ0) is 22.0. The van der Waals surface area contributed by atoms with E-state index in [4.69, 9.17) is 4.74 Å². The molecular formula is C22H22F3N3O2S. The van der Waals surface area contributed by atoms with E-state index < -0.39 is 17.7 Å². The Morgan fingerprint density at radius 1 is 1.19 bits per heavy atom. The standard InChI is InChI=1S/C22H22F3N3O2S/c1-30-20(29)13-16-14-26-28-11-8-15(12-18(16)28)21-17(22(23,24)25)6-5-7-19(21)31-27-9-3-2-4-10-27/h5-8,11-12,14H,2-4,9-10,13H2,1H3. The second-order valence-corrected chi connectivity index (χ2v) is 8.56. The highest BCUT2D eigenvalue weighted by atomic mass is 32.2. The molecule has 5 nitrogen and oxygen atoms in total. The monoisotopic (exact) mass is 449 g/mol. The van der Waals surface area contributed by atoms with E-state index in [1.165, 1.54) is 31.3 Å². The molecule has 3 heterocycles. The van der Waals surface area contributed by atoms with Crippen molar-refractivity contribution in [2.45, 2.75) is 36.8 Å². The van der Waals surface area contributed by atoms with Crippen LogP contribution in [0.25, 0.3) is 16.6 Å². The Balaban J connectivity index is 1.82. The number of pyridine rings is 1. The van der Waals surface area contributed by atoms with Crippen molar-refractivity contribution in [2.24, 2.45) is 0 Å². The summed E-state index contributed by atoms with van der Waals surface area (Å²) in [6.07, 6.45) is 1.89. The number of benzene rings is 1. The minimum atomic E-state index is -4.49. The quantitative estimate of drug-likeness (QED) is 0.394. The molecule has 1 aliphatic heterocycles. The molecule has 0 radical (unpaired) electrons. The summed E-state index contributed by atoms with van der Waals surface area (Å²) in [4.78, 5) is 12.3. The predicted molar refractivity (Wildman–Crippen MR) is 113 cm³/mol. The first-order chi connectivity index (χ1) is 14.9. The SMILES string of the molecule is COC(=O)Cc1cnn2ccc(-c3c(SN4CCCCC4)cccc3C(F)(F)F)cc12. The van der Waals surface area contributed by atoms with Crippen LogP contribution in [0, 0.1) is 0 Å². The molecule has 0 amide bonds. The summed E-state index contributed by atoms with van der Waals surface area (Å²) >= 11 is 1.38. The fourth-order valence-corrected chi connectivity index (χ4v) is 4.96. The smallest absolute Gasteiger partial charge is 0.417 e. The first-order valence-corrected chi connectivity index (χ1v) is 10.8. The number of carbonyl (C=O) groups is 1. The number of piperidine rings is 1. The van der Waals surface area contributed by atoms with Crippen LogP contribution in [0.1, 0.15) is 30.4 Å². The molecule has 0 atom stereocenters. The van der Waals surface area contributed by atoms with Gasteiger partial charge in [-0.2, -0.15) is 18.3 Å². The lowest BCUT2D eigenvalue weighted by Gasteiger charge is -2.27. The molecule has 2 aromatic heterocycles. The number of alkyl halides is 3. The topological polar surface area (TPSA) is 46.8 Å². The van der Waals surface area contributed by atoms with Gasteiger partial charge in [-0.15, -0.1) is 0 Å². The maximum atomic E-state index is 13.9. The van der Waals surface area contributed by atoms with E-state index >= 15 is 0 Å². The van der Waals surface area contributed by atoms with Crippen molar-refractivity contribution in [2.75, 3.05) is 20.2 Å². The summed E-state index contributed by atoms with van der Waals surface area (Å²) in [5, 5.41) is 4.20. The highest BCUT2D eigenvalue weighted by Crippen LogP contribution is 2.43. The number of ether oxygens (including phenoxy) is 1. The van der Waals surface area contributed by atoms with Crippen LogP contribution in [-0.4, -0.2) is 40.1 Å². The molecule has 1 saturated heterocycles. The Labute approximate surface area is 182 Å². The molecule has 1 fully saturated rings. The second kappa shape index (κ2) is 8.92. The number of hydrogen-bond acceptors (Lipinski definition) is 5.